The number of nitrogens with zero attached hydrogens (tertiary/aromatic N) is 1. The maximum atomic E-state index is 5.94. The Hall–Kier alpha value is -1.36. The van der Waals surface area contributed by atoms with E-state index in [1.165, 1.54) is 0 Å². The third-order valence-electron chi connectivity index (χ3n) is 3.09. The van der Waals surface area contributed by atoms with Crippen molar-refractivity contribution in [1.29, 1.82) is 0 Å². The monoisotopic (exact) mass is 309 g/mol. The molecule has 5 heteroatoms. The van der Waals surface area contributed by atoms with Gasteiger partial charge in [-0.2, -0.15) is 0 Å². The normalized spacial score (nSPS) is 11.0. The molecule has 0 unspecified atom stereocenters. The van der Waals surface area contributed by atoms with Gasteiger partial charge in [0.15, 0.2) is 0 Å². The quantitative estimate of drug-likeness (QED) is 0.526. The predicted molar refractivity (Wildman–Crippen MR) is 84.1 cm³/mol. The fourth-order valence-corrected chi connectivity index (χ4v) is 2.23. The molecular formula is C16H20ClNO3. The van der Waals surface area contributed by atoms with Crippen molar-refractivity contribution < 1.29 is 14.2 Å². The number of benzene rings is 1. The molecular weight excluding hydrogens is 290 g/mol. The minimum absolute atomic E-state index is 0.446. The van der Waals surface area contributed by atoms with Crippen LogP contribution in [0.1, 0.15) is 12.0 Å². The highest BCUT2D eigenvalue weighted by molar-refractivity contribution is 6.18. The van der Waals surface area contributed by atoms with Crippen LogP contribution in [0.2, 0.25) is 0 Å². The number of pyridine rings is 1. The first-order valence-corrected chi connectivity index (χ1v) is 7.52. The van der Waals surface area contributed by atoms with Crippen LogP contribution < -0.4 is 4.74 Å². The van der Waals surface area contributed by atoms with Crippen LogP contribution in [-0.2, 0) is 15.4 Å². The SMILES string of the molecule is COCCOCCCOc1ncc(CCl)c2ccccc12. The van der Waals surface area contributed by atoms with Crippen molar-refractivity contribution in [2.75, 3.05) is 33.5 Å². The van der Waals surface area contributed by atoms with E-state index in [-0.39, 0.29) is 0 Å². The summed E-state index contributed by atoms with van der Waals surface area (Å²) in [6, 6.07) is 8.01. The van der Waals surface area contributed by atoms with Gasteiger partial charge >= 0.3 is 0 Å². The highest BCUT2D eigenvalue weighted by atomic mass is 35.5. The van der Waals surface area contributed by atoms with Crippen molar-refractivity contribution >= 4 is 22.4 Å². The molecule has 0 aliphatic rings. The Kier molecular flexibility index (Phi) is 6.73. The van der Waals surface area contributed by atoms with E-state index >= 15 is 0 Å². The summed E-state index contributed by atoms with van der Waals surface area (Å²) in [6.45, 7) is 2.46. The number of aromatic nitrogens is 1. The van der Waals surface area contributed by atoms with Gasteiger partial charge in [0.2, 0.25) is 5.88 Å². The van der Waals surface area contributed by atoms with Gasteiger partial charge in [0.1, 0.15) is 0 Å². The van der Waals surface area contributed by atoms with Crippen LogP contribution >= 0.6 is 11.6 Å². The van der Waals surface area contributed by atoms with Gasteiger partial charge in [-0.1, -0.05) is 18.2 Å². The lowest BCUT2D eigenvalue weighted by Gasteiger charge is -2.10. The number of fused-ring (bicyclic) bond motifs is 1. The summed E-state index contributed by atoms with van der Waals surface area (Å²) >= 11 is 5.94. The van der Waals surface area contributed by atoms with E-state index in [4.69, 9.17) is 25.8 Å². The van der Waals surface area contributed by atoms with Gasteiger partial charge in [0.25, 0.3) is 0 Å². The van der Waals surface area contributed by atoms with E-state index < -0.39 is 0 Å². The maximum Gasteiger partial charge on any atom is 0.221 e. The molecule has 0 N–H and O–H groups in total. The average molecular weight is 310 g/mol. The first-order valence-electron chi connectivity index (χ1n) is 6.99. The number of hydrogen-bond donors (Lipinski definition) is 0. The third kappa shape index (κ3) is 4.56. The fourth-order valence-electron chi connectivity index (χ4n) is 2.02. The zero-order valence-corrected chi connectivity index (χ0v) is 12.9. The summed E-state index contributed by atoms with van der Waals surface area (Å²) in [5.41, 5.74) is 1.02. The van der Waals surface area contributed by atoms with Crippen LogP contribution in [0.3, 0.4) is 0 Å². The number of ether oxygens (including phenoxy) is 3. The smallest absolute Gasteiger partial charge is 0.221 e. The highest BCUT2D eigenvalue weighted by Crippen LogP contribution is 2.26. The van der Waals surface area contributed by atoms with Crippen LogP contribution in [0.25, 0.3) is 10.8 Å². The van der Waals surface area contributed by atoms with Crippen LogP contribution in [0.4, 0.5) is 0 Å². The molecule has 0 amide bonds. The molecule has 4 nitrogen and oxygen atoms in total. The summed E-state index contributed by atoms with van der Waals surface area (Å²) in [6.07, 6.45) is 2.59. The van der Waals surface area contributed by atoms with Crippen LogP contribution in [0, 0.1) is 0 Å². The zero-order valence-electron chi connectivity index (χ0n) is 12.2. The number of methoxy groups -OCH3 is 1. The molecule has 0 atom stereocenters. The van der Waals surface area contributed by atoms with Gasteiger partial charge in [0.05, 0.1) is 19.8 Å². The lowest BCUT2D eigenvalue weighted by atomic mass is 10.1. The largest absolute Gasteiger partial charge is 0.477 e. The Bertz CT molecular complexity index is 562. The Morgan fingerprint density at radius 3 is 2.62 bits per heavy atom. The third-order valence-corrected chi connectivity index (χ3v) is 3.38. The minimum atomic E-state index is 0.446. The lowest BCUT2D eigenvalue weighted by molar-refractivity contribution is 0.0643. The Labute approximate surface area is 130 Å². The van der Waals surface area contributed by atoms with E-state index in [1.807, 2.05) is 24.3 Å². The van der Waals surface area contributed by atoms with Crippen LogP contribution in [-0.4, -0.2) is 38.5 Å². The topological polar surface area (TPSA) is 40.6 Å². The summed E-state index contributed by atoms with van der Waals surface area (Å²) in [4.78, 5) is 4.36. The molecule has 0 fully saturated rings. The second-order valence-corrected chi connectivity index (χ2v) is 4.84. The van der Waals surface area contributed by atoms with Gasteiger partial charge in [-0.25, -0.2) is 4.98 Å². The van der Waals surface area contributed by atoms with E-state index in [0.29, 0.717) is 38.2 Å². The van der Waals surface area contributed by atoms with Gasteiger partial charge in [-0.05, 0) is 17.0 Å². The van der Waals surface area contributed by atoms with Crippen LogP contribution in [0.15, 0.2) is 30.5 Å². The summed E-state index contributed by atoms with van der Waals surface area (Å²) in [5, 5.41) is 2.09. The molecule has 0 bridgehead atoms. The number of halogens is 1. The van der Waals surface area contributed by atoms with Crippen molar-refractivity contribution in [1.82, 2.24) is 4.98 Å². The summed E-state index contributed by atoms with van der Waals surface area (Å²) < 4.78 is 16.1. The van der Waals surface area contributed by atoms with Crippen molar-refractivity contribution in [2.45, 2.75) is 12.3 Å². The van der Waals surface area contributed by atoms with E-state index in [1.54, 1.807) is 13.3 Å². The van der Waals surface area contributed by atoms with E-state index in [2.05, 4.69) is 4.98 Å². The van der Waals surface area contributed by atoms with Crippen molar-refractivity contribution in [2.24, 2.45) is 0 Å². The fraction of sp³-hybridized carbons (Fsp3) is 0.438. The molecule has 0 saturated heterocycles. The standard InChI is InChI=1S/C16H20ClNO3/c1-19-9-10-20-7-4-8-21-16-15-6-3-2-5-14(15)13(11-17)12-18-16/h2-3,5-6,12H,4,7-11H2,1H3. The molecule has 21 heavy (non-hydrogen) atoms. The molecule has 1 heterocycles. The number of alkyl halides is 1. The molecule has 1 aromatic heterocycles. The van der Waals surface area contributed by atoms with Crippen LogP contribution in [0.5, 0.6) is 5.88 Å². The lowest BCUT2D eigenvalue weighted by Crippen LogP contribution is -2.07. The Morgan fingerprint density at radius 1 is 1.05 bits per heavy atom. The van der Waals surface area contributed by atoms with E-state index in [9.17, 15) is 0 Å². The van der Waals surface area contributed by atoms with E-state index in [0.717, 1.165) is 22.8 Å². The van der Waals surface area contributed by atoms with Crippen molar-refractivity contribution in [3.8, 4) is 5.88 Å². The molecule has 0 aliphatic heterocycles. The molecule has 2 rings (SSSR count). The molecule has 114 valence electrons. The molecule has 0 radical (unpaired) electrons. The summed E-state index contributed by atoms with van der Waals surface area (Å²) in [5.74, 6) is 1.09. The Morgan fingerprint density at radius 2 is 1.86 bits per heavy atom. The molecule has 2 aromatic rings. The minimum Gasteiger partial charge on any atom is -0.477 e. The first-order chi connectivity index (χ1) is 10.4. The molecule has 0 spiro atoms. The maximum absolute atomic E-state index is 5.94. The summed E-state index contributed by atoms with van der Waals surface area (Å²) in [7, 11) is 1.66. The highest BCUT2D eigenvalue weighted by Gasteiger charge is 2.07. The van der Waals surface area contributed by atoms with Gasteiger partial charge < -0.3 is 14.2 Å². The molecule has 0 saturated carbocycles. The second kappa shape index (κ2) is 8.82. The van der Waals surface area contributed by atoms with Crippen molar-refractivity contribution in [3.63, 3.8) is 0 Å². The van der Waals surface area contributed by atoms with Gasteiger partial charge in [-0.3, -0.25) is 0 Å². The number of hydrogen-bond acceptors (Lipinski definition) is 4. The second-order valence-electron chi connectivity index (χ2n) is 4.57. The Balaban J connectivity index is 1.90. The average Bonchev–Trinajstić information content (AvgIpc) is 2.54. The van der Waals surface area contributed by atoms with Gasteiger partial charge in [0, 0.05) is 37.6 Å². The molecule has 0 aliphatic carbocycles. The predicted octanol–water partition coefficient (Wildman–Crippen LogP) is 3.41. The molecule has 1 aromatic carbocycles. The number of rotatable bonds is 9. The van der Waals surface area contributed by atoms with Gasteiger partial charge in [-0.15, -0.1) is 11.6 Å². The zero-order chi connectivity index (χ0) is 14.9. The van der Waals surface area contributed by atoms with Crippen molar-refractivity contribution in [3.05, 3.63) is 36.0 Å². The first kappa shape index (κ1) is 16.0.